The first-order valence-corrected chi connectivity index (χ1v) is 7.64. The molecule has 1 rings (SSSR count). The van der Waals surface area contributed by atoms with E-state index < -0.39 is 17.3 Å². The normalized spacial score (nSPS) is 21.1. The van der Waals surface area contributed by atoms with Crippen LogP contribution in [0.1, 0.15) is 40.0 Å². The summed E-state index contributed by atoms with van der Waals surface area (Å²) < 4.78 is 4.79. The summed E-state index contributed by atoms with van der Waals surface area (Å²) >= 11 is 0. The van der Waals surface area contributed by atoms with Crippen molar-refractivity contribution < 1.29 is 24.3 Å². The molecule has 0 aromatic rings. The van der Waals surface area contributed by atoms with Crippen molar-refractivity contribution in [1.82, 2.24) is 0 Å². The second kappa shape index (κ2) is 7.94. The van der Waals surface area contributed by atoms with E-state index in [-0.39, 0.29) is 30.1 Å². The Balaban J connectivity index is 3.37. The standard InChI is InChI=1S/C17H25NO5/c1-6-8-11(18-23-9-7-2)13-12(19)10-17(3,4)14(15(13)20)16(21)22-5/h7,14,20H,2,6,8-10H2,1,3-5H3/b18-11+. The van der Waals surface area contributed by atoms with Crippen LogP contribution in [0.25, 0.3) is 0 Å². The highest BCUT2D eigenvalue weighted by Gasteiger charge is 2.47. The predicted octanol–water partition coefficient (Wildman–Crippen LogP) is 2.95. The van der Waals surface area contributed by atoms with Crippen LogP contribution in [-0.2, 0) is 19.2 Å². The van der Waals surface area contributed by atoms with Gasteiger partial charge in [0.15, 0.2) is 5.78 Å². The van der Waals surface area contributed by atoms with E-state index in [2.05, 4.69) is 11.7 Å². The van der Waals surface area contributed by atoms with Crippen LogP contribution in [-0.4, -0.2) is 36.3 Å². The van der Waals surface area contributed by atoms with Crippen molar-refractivity contribution in [2.24, 2.45) is 16.5 Å². The monoisotopic (exact) mass is 323 g/mol. The molecule has 0 spiro atoms. The number of carbonyl (C=O) groups excluding carboxylic acids is 2. The number of ether oxygens (including phenoxy) is 1. The molecule has 0 saturated carbocycles. The third kappa shape index (κ3) is 4.21. The SMILES string of the molecule is C=CCO/N=C(\CCC)C1=C(O)C(C(=O)OC)C(C)(C)CC1=O. The van der Waals surface area contributed by atoms with Gasteiger partial charge in [0.25, 0.3) is 0 Å². The van der Waals surface area contributed by atoms with E-state index in [9.17, 15) is 14.7 Å². The molecule has 0 radical (unpaired) electrons. The lowest BCUT2D eigenvalue weighted by Gasteiger charge is -2.36. The number of carbonyl (C=O) groups is 2. The molecular weight excluding hydrogens is 298 g/mol. The van der Waals surface area contributed by atoms with Crippen molar-refractivity contribution in [1.29, 1.82) is 0 Å². The molecule has 23 heavy (non-hydrogen) atoms. The van der Waals surface area contributed by atoms with Crippen molar-refractivity contribution in [3.63, 3.8) is 0 Å². The molecular formula is C17H25NO5. The molecule has 0 saturated heterocycles. The van der Waals surface area contributed by atoms with Crippen LogP contribution in [0.15, 0.2) is 29.1 Å². The number of ketones is 1. The zero-order chi connectivity index (χ0) is 17.6. The molecule has 0 aromatic heterocycles. The molecule has 1 N–H and O–H groups in total. The van der Waals surface area contributed by atoms with E-state index in [1.807, 2.05) is 6.92 Å². The summed E-state index contributed by atoms with van der Waals surface area (Å²) in [6.45, 7) is 9.16. The number of aliphatic hydroxyl groups excluding tert-OH is 1. The summed E-state index contributed by atoms with van der Waals surface area (Å²) in [5.74, 6) is -2.00. The number of allylic oxidation sites excluding steroid dienone is 1. The second-order valence-corrected chi connectivity index (χ2v) is 6.18. The molecule has 128 valence electrons. The van der Waals surface area contributed by atoms with E-state index in [0.29, 0.717) is 18.6 Å². The van der Waals surface area contributed by atoms with Crippen LogP contribution in [0, 0.1) is 11.3 Å². The molecule has 0 aromatic carbocycles. The summed E-state index contributed by atoms with van der Waals surface area (Å²) in [6.07, 6.45) is 2.82. The van der Waals surface area contributed by atoms with Crippen LogP contribution in [0.3, 0.4) is 0 Å². The quantitative estimate of drug-likeness (QED) is 0.256. The number of esters is 1. The Kier molecular flexibility index (Phi) is 6.54. The Morgan fingerprint density at radius 3 is 2.70 bits per heavy atom. The van der Waals surface area contributed by atoms with E-state index in [1.165, 1.54) is 13.2 Å². The van der Waals surface area contributed by atoms with Crippen LogP contribution in [0.4, 0.5) is 0 Å². The summed E-state index contributed by atoms with van der Waals surface area (Å²) in [6, 6.07) is 0. The van der Waals surface area contributed by atoms with Gasteiger partial charge in [0, 0.05) is 6.42 Å². The van der Waals surface area contributed by atoms with Gasteiger partial charge in [-0.1, -0.05) is 45.0 Å². The number of rotatable bonds is 7. The van der Waals surface area contributed by atoms with Gasteiger partial charge < -0.3 is 14.7 Å². The predicted molar refractivity (Wildman–Crippen MR) is 87.1 cm³/mol. The first-order chi connectivity index (χ1) is 10.8. The third-order valence-corrected chi connectivity index (χ3v) is 3.79. The molecule has 6 nitrogen and oxygen atoms in total. The first-order valence-electron chi connectivity index (χ1n) is 7.64. The van der Waals surface area contributed by atoms with Gasteiger partial charge >= 0.3 is 5.97 Å². The minimum Gasteiger partial charge on any atom is -0.511 e. The first kappa shape index (κ1) is 18.9. The van der Waals surface area contributed by atoms with Gasteiger partial charge in [0.2, 0.25) is 0 Å². The maximum absolute atomic E-state index is 12.5. The minimum atomic E-state index is -0.901. The molecule has 1 aliphatic rings. The average Bonchev–Trinajstić information content (AvgIpc) is 2.45. The van der Waals surface area contributed by atoms with E-state index in [4.69, 9.17) is 9.57 Å². The molecule has 1 unspecified atom stereocenters. The third-order valence-electron chi connectivity index (χ3n) is 3.79. The molecule has 0 fully saturated rings. The fraction of sp³-hybridized carbons (Fsp3) is 0.588. The number of hydrogen-bond donors (Lipinski definition) is 1. The summed E-state index contributed by atoms with van der Waals surface area (Å²) in [4.78, 5) is 29.7. The van der Waals surface area contributed by atoms with Crippen LogP contribution in [0.2, 0.25) is 0 Å². The smallest absolute Gasteiger partial charge is 0.316 e. The minimum absolute atomic E-state index is 0.0747. The molecule has 1 atom stereocenters. The number of oxime groups is 1. The van der Waals surface area contributed by atoms with E-state index in [0.717, 1.165) is 0 Å². The highest BCUT2D eigenvalue weighted by Crippen LogP contribution is 2.42. The van der Waals surface area contributed by atoms with Gasteiger partial charge in [0.1, 0.15) is 18.3 Å². The average molecular weight is 323 g/mol. The number of aliphatic hydroxyl groups is 1. The Morgan fingerprint density at radius 2 is 2.17 bits per heavy atom. The highest BCUT2D eigenvalue weighted by molar-refractivity contribution is 6.23. The fourth-order valence-electron chi connectivity index (χ4n) is 2.74. The lowest BCUT2D eigenvalue weighted by Crippen LogP contribution is -2.41. The Morgan fingerprint density at radius 1 is 1.52 bits per heavy atom. The summed E-state index contributed by atoms with van der Waals surface area (Å²) in [5.41, 5.74) is -0.302. The molecule has 1 aliphatic carbocycles. The molecule has 0 amide bonds. The fourth-order valence-corrected chi connectivity index (χ4v) is 2.74. The second-order valence-electron chi connectivity index (χ2n) is 6.18. The van der Waals surface area contributed by atoms with Crippen LogP contribution in [0.5, 0.6) is 0 Å². The Bertz CT molecular complexity index is 545. The Hall–Kier alpha value is -2.11. The number of Topliss-reactive ketones (excluding diaryl/α,β-unsaturated/α-hetero) is 1. The largest absolute Gasteiger partial charge is 0.511 e. The molecule has 0 heterocycles. The number of hydrogen-bond acceptors (Lipinski definition) is 6. The zero-order valence-corrected chi connectivity index (χ0v) is 14.2. The highest BCUT2D eigenvalue weighted by atomic mass is 16.6. The van der Waals surface area contributed by atoms with Crippen LogP contribution < -0.4 is 0 Å². The molecule has 6 heteroatoms. The van der Waals surface area contributed by atoms with Gasteiger partial charge in [-0.15, -0.1) is 0 Å². The maximum Gasteiger partial charge on any atom is 0.316 e. The van der Waals surface area contributed by atoms with Crippen molar-refractivity contribution in [3.05, 3.63) is 24.0 Å². The topological polar surface area (TPSA) is 85.2 Å². The van der Waals surface area contributed by atoms with Gasteiger partial charge in [-0.3, -0.25) is 9.59 Å². The van der Waals surface area contributed by atoms with Crippen LogP contribution >= 0.6 is 0 Å². The van der Waals surface area contributed by atoms with Crippen molar-refractivity contribution in [2.45, 2.75) is 40.0 Å². The summed E-state index contributed by atoms with van der Waals surface area (Å²) in [7, 11) is 1.26. The molecule has 0 aliphatic heterocycles. The summed E-state index contributed by atoms with van der Waals surface area (Å²) in [5, 5.41) is 14.5. The Labute approximate surface area is 136 Å². The van der Waals surface area contributed by atoms with Crippen molar-refractivity contribution in [3.8, 4) is 0 Å². The molecule has 0 bridgehead atoms. The lowest BCUT2D eigenvalue weighted by atomic mass is 9.67. The van der Waals surface area contributed by atoms with Crippen molar-refractivity contribution in [2.75, 3.05) is 13.7 Å². The lowest BCUT2D eigenvalue weighted by molar-refractivity contribution is -0.150. The number of methoxy groups -OCH3 is 1. The number of nitrogens with zero attached hydrogens (tertiary/aromatic N) is 1. The van der Waals surface area contributed by atoms with E-state index in [1.54, 1.807) is 13.8 Å². The van der Waals surface area contributed by atoms with E-state index >= 15 is 0 Å². The maximum atomic E-state index is 12.5. The zero-order valence-electron chi connectivity index (χ0n) is 14.2. The van der Waals surface area contributed by atoms with Gasteiger partial charge in [-0.05, 0) is 11.8 Å². The van der Waals surface area contributed by atoms with Gasteiger partial charge in [0.05, 0.1) is 18.4 Å². The van der Waals surface area contributed by atoms with Gasteiger partial charge in [-0.25, -0.2) is 0 Å². The van der Waals surface area contributed by atoms with Gasteiger partial charge in [-0.2, -0.15) is 0 Å². The van der Waals surface area contributed by atoms with Crippen molar-refractivity contribution >= 4 is 17.5 Å².